The van der Waals surface area contributed by atoms with Gasteiger partial charge in [-0.25, -0.2) is 4.39 Å². The maximum Gasteiger partial charge on any atom is 0.142 e. The molecule has 0 amide bonds. The van der Waals surface area contributed by atoms with Crippen molar-refractivity contribution in [1.29, 1.82) is 0 Å². The van der Waals surface area contributed by atoms with Gasteiger partial charge in [0.2, 0.25) is 0 Å². The Labute approximate surface area is 110 Å². The van der Waals surface area contributed by atoms with E-state index in [1.54, 1.807) is 6.07 Å². The van der Waals surface area contributed by atoms with Crippen LogP contribution in [0.15, 0.2) is 42.5 Å². The van der Waals surface area contributed by atoms with Crippen LogP contribution in [0.4, 0.5) is 4.39 Å². The Bertz CT molecular complexity index is 520. The molecular weight excluding hydrogens is 258 g/mol. The second-order valence-corrected chi connectivity index (χ2v) is 4.79. The summed E-state index contributed by atoms with van der Waals surface area (Å²) in [4.78, 5) is 0. The fourth-order valence-corrected chi connectivity index (χ4v) is 2.00. The van der Waals surface area contributed by atoms with Gasteiger partial charge >= 0.3 is 0 Å². The van der Waals surface area contributed by atoms with Crippen molar-refractivity contribution in [3.8, 4) is 0 Å². The molecule has 2 rings (SSSR count). The highest BCUT2D eigenvalue weighted by molar-refractivity contribution is 6.30. The lowest BCUT2D eigenvalue weighted by Crippen LogP contribution is -1.94. The summed E-state index contributed by atoms with van der Waals surface area (Å²) in [5.74, 6) is -0.443. The molecule has 0 spiro atoms. The highest BCUT2D eigenvalue weighted by atomic mass is 35.5. The molecule has 2 aromatic rings. The average Bonchev–Trinajstić information content (AvgIpc) is 2.33. The molecule has 0 nitrogen and oxygen atoms in total. The minimum atomic E-state index is -0.443. The predicted molar refractivity (Wildman–Crippen MR) is 70.3 cm³/mol. The van der Waals surface area contributed by atoms with Crippen molar-refractivity contribution in [3.05, 3.63) is 70.0 Å². The van der Waals surface area contributed by atoms with Gasteiger partial charge in [-0.05, 0) is 30.2 Å². The fourth-order valence-electron chi connectivity index (χ4n) is 1.60. The lowest BCUT2D eigenvalue weighted by molar-refractivity contribution is 0.626. The van der Waals surface area contributed by atoms with Crippen LogP contribution in [-0.2, 0) is 0 Å². The fraction of sp³-hybridized carbons (Fsp3) is 0.143. The number of alkyl halides is 1. The van der Waals surface area contributed by atoms with E-state index in [9.17, 15) is 4.39 Å². The third kappa shape index (κ3) is 2.80. The van der Waals surface area contributed by atoms with Gasteiger partial charge in [-0.1, -0.05) is 47.5 Å². The van der Waals surface area contributed by atoms with E-state index >= 15 is 0 Å². The number of aryl methyl sites for hydroxylation is 1. The Morgan fingerprint density at radius 2 is 1.59 bits per heavy atom. The van der Waals surface area contributed by atoms with Gasteiger partial charge in [-0.2, -0.15) is 0 Å². The first-order valence-corrected chi connectivity index (χ1v) is 6.05. The first-order chi connectivity index (χ1) is 8.08. The molecule has 1 atom stereocenters. The molecule has 0 fully saturated rings. The molecule has 1 unspecified atom stereocenters. The van der Waals surface area contributed by atoms with Crippen LogP contribution < -0.4 is 0 Å². The molecule has 3 heteroatoms. The lowest BCUT2D eigenvalue weighted by atomic mass is 10.0. The van der Waals surface area contributed by atoms with Crippen LogP contribution >= 0.6 is 23.2 Å². The summed E-state index contributed by atoms with van der Waals surface area (Å²) >= 11 is 11.9. The first-order valence-electron chi connectivity index (χ1n) is 5.23. The number of rotatable bonds is 2. The molecule has 2 aromatic carbocycles. The van der Waals surface area contributed by atoms with Crippen molar-refractivity contribution in [2.75, 3.05) is 0 Å². The van der Waals surface area contributed by atoms with Crippen LogP contribution in [0.1, 0.15) is 22.1 Å². The largest absolute Gasteiger partial charge is 0.205 e. The zero-order valence-corrected chi connectivity index (χ0v) is 10.8. The first kappa shape index (κ1) is 12.4. The van der Waals surface area contributed by atoms with Crippen LogP contribution in [0.25, 0.3) is 0 Å². The lowest BCUT2D eigenvalue weighted by Gasteiger charge is -2.11. The van der Waals surface area contributed by atoms with Crippen molar-refractivity contribution in [3.63, 3.8) is 0 Å². The van der Waals surface area contributed by atoms with E-state index in [2.05, 4.69) is 0 Å². The second-order valence-electron chi connectivity index (χ2n) is 3.95. The van der Waals surface area contributed by atoms with E-state index in [1.165, 1.54) is 17.7 Å². The maximum absolute atomic E-state index is 13.3. The number of benzene rings is 2. The molecule has 0 aliphatic rings. The Kier molecular flexibility index (Phi) is 3.70. The van der Waals surface area contributed by atoms with Crippen molar-refractivity contribution in [2.24, 2.45) is 0 Å². The Morgan fingerprint density at radius 1 is 1.00 bits per heavy atom. The van der Waals surface area contributed by atoms with Gasteiger partial charge in [0.1, 0.15) is 5.82 Å². The van der Waals surface area contributed by atoms with E-state index in [4.69, 9.17) is 23.2 Å². The standard InChI is InChI=1S/C14H11Cl2F/c1-9-2-4-10(5-3-9)14(16)11-6-7-12(15)13(17)8-11/h2-8,14H,1H3. The minimum Gasteiger partial charge on any atom is -0.205 e. The highest BCUT2D eigenvalue weighted by Crippen LogP contribution is 2.30. The molecule has 0 bridgehead atoms. The summed E-state index contributed by atoms with van der Waals surface area (Å²) in [5.41, 5.74) is 2.82. The number of hydrogen-bond donors (Lipinski definition) is 0. The molecular formula is C14H11Cl2F. The zero-order valence-electron chi connectivity index (χ0n) is 9.25. The minimum absolute atomic E-state index is 0.113. The second kappa shape index (κ2) is 5.07. The summed E-state index contributed by atoms with van der Waals surface area (Å²) in [5, 5.41) is -0.246. The summed E-state index contributed by atoms with van der Waals surface area (Å²) in [6.45, 7) is 2.01. The van der Waals surface area contributed by atoms with Gasteiger partial charge in [0.25, 0.3) is 0 Å². The van der Waals surface area contributed by atoms with E-state index in [1.807, 2.05) is 31.2 Å². The quantitative estimate of drug-likeness (QED) is 0.664. The van der Waals surface area contributed by atoms with Crippen molar-refractivity contribution in [2.45, 2.75) is 12.3 Å². The topological polar surface area (TPSA) is 0 Å². The van der Waals surface area contributed by atoms with Crippen LogP contribution in [0, 0.1) is 12.7 Å². The summed E-state index contributed by atoms with van der Waals surface area (Å²) in [7, 11) is 0. The molecule has 0 heterocycles. The van der Waals surface area contributed by atoms with Gasteiger partial charge in [0.05, 0.1) is 10.4 Å². The van der Waals surface area contributed by atoms with Crippen molar-refractivity contribution >= 4 is 23.2 Å². The van der Waals surface area contributed by atoms with Gasteiger partial charge in [-0.3, -0.25) is 0 Å². The van der Waals surface area contributed by atoms with Gasteiger partial charge in [-0.15, -0.1) is 11.6 Å². The van der Waals surface area contributed by atoms with Gasteiger partial charge < -0.3 is 0 Å². The SMILES string of the molecule is Cc1ccc(C(Cl)c2ccc(Cl)c(F)c2)cc1. The maximum atomic E-state index is 13.3. The van der Waals surface area contributed by atoms with Crippen molar-refractivity contribution < 1.29 is 4.39 Å². The molecule has 88 valence electrons. The van der Waals surface area contributed by atoms with Gasteiger partial charge in [0, 0.05) is 0 Å². The van der Waals surface area contributed by atoms with E-state index < -0.39 is 5.82 Å². The molecule has 0 aromatic heterocycles. The van der Waals surface area contributed by atoms with E-state index in [-0.39, 0.29) is 10.4 Å². The Balaban J connectivity index is 2.33. The molecule has 0 radical (unpaired) electrons. The van der Waals surface area contributed by atoms with Crippen LogP contribution in [-0.4, -0.2) is 0 Å². The van der Waals surface area contributed by atoms with Crippen LogP contribution in [0.3, 0.4) is 0 Å². The zero-order chi connectivity index (χ0) is 12.4. The monoisotopic (exact) mass is 268 g/mol. The smallest absolute Gasteiger partial charge is 0.142 e. The predicted octanol–water partition coefficient (Wildman–Crippen LogP) is 5.12. The summed E-state index contributed by atoms with van der Waals surface area (Å²) in [6.07, 6.45) is 0. The average molecular weight is 269 g/mol. The Morgan fingerprint density at radius 3 is 2.18 bits per heavy atom. The molecule has 0 aliphatic heterocycles. The Hall–Kier alpha value is -1.05. The van der Waals surface area contributed by atoms with Crippen LogP contribution in [0.5, 0.6) is 0 Å². The molecule has 0 N–H and O–H groups in total. The highest BCUT2D eigenvalue weighted by Gasteiger charge is 2.12. The number of hydrogen-bond acceptors (Lipinski definition) is 0. The summed E-state index contributed by atoms with van der Waals surface area (Å²) in [6, 6.07) is 12.5. The van der Waals surface area contributed by atoms with Crippen LogP contribution in [0.2, 0.25) is 5.02 Å². The molecule has 0 saturated heterocycles. The van der Waals surface area contributed by atoms with Crippen molar-refractivity contribution in [1.82, 2.24) is 0 Å². The summed E-state index contributed by atoms with van der Waals surface area (Å²) < 4.78 is 13.3. The molecule has 0 aliphatic carbocycles. The third-order valence-electron chi connectivity index (χ3n) is 2.61. The van der Waals surface area contributed by atoms with E-state index in [0.29, 0.717) is 5.56 Å². The number of halogens is 3. The normalized spacial score (nSPS) is 12.5. The third-order valence-corrected chi connectivity index (χ3v) is 3.42. The van der Waals surface area contributed by atoms with E-state index in [0.717, 1.165) is 5.56 Å². The van der Waals surface area contributed by atoms with Gasteiger partial charge in [0.15, 0.2) is 0 Å². The molecule has 0 saturated carbocycles. The molecule has 17 heavy (non-hydrogen) atoms.